The lowest BCUT2D eigenvalue weighted by Crippen LogP contribution is -2.55. The molecule has 0 aliphatic heterocycles. The Balaban J connectivity index is 2.36. The number of hydrogen-bond donors (Lipinski definition) is 2. The van der Waals surface area contributed by atoms with E-state index in [0.29, 0.717) is 6.54 Å². The van der Waals surface area contributed by atoms with Crippen molar-refractivity contribution in [3.63, 3.8) is 0 Å². The van der Waals surface area contributed by atoms with Gasteiger partial charge in [-0.25, -0.2) is 13.1 Å². The van der Waals surface area contributed by atoms with Crippen LogP contribution in [0.25, 0.3) is 0 Å². The van der Waals surface area contributed by atoms with Gasteiger partial charge in [0.2, 0.25) is 10.0 Å². The van der Waals surface area contributed by atoms with E-state index in [4.69, 9.17) is 10.5 Å². The minimum Gasteiger partial charge on any atom is -0.381 e. The van der Waals surface area contributed by atoms with Crippen molar-refractivity contribution in [3.8, 4) is 0 Å². The Morgan fingerprint density at radius 3 is 2.53 bits per heavy atom. The van der Waals surface area contributed by atoms with Gasteiger partial charge in [0.15, 0.2) is 0 Å². The van der Waals surface area contributed by atoms with Crippen LogP contribution < -0.4 is 10.5 Å². The molecule has 0 aromatic heterocycles. The van der Waals surface area contributed by atoms with Crippen molar-refractivity contribution in [2.24, 2.45) is 5.73 Å². The summed E-state index contributed by atoms with van der Waals surface area (Å²) in [5, 5.41) is 0. The van der Waals surface area contributed by atoms with E-state index < -0.39 is 10.0 Å². The van der Waals surface area contributed by atoms with Crippen LogP contribution in [0.15, 0.2) is 0 Å². The van der Waals surface area contributed by atoms with Crippen molar-refractivity contribution in [1.29, 1.82) is 0 Å². The standard InChI is InChI=1S/C9H20N2O3S/c1-8(14-2)6-15(12,13)11-7-9(10)4-3-5-9/h8,11H,3-7,10H2,1-2H3. The van der Waals surface area contributed by atoms with Crippen LogP contribution in [0.4, 0.5) is 0 Å². The molecule has 3 N–H and O–H groups in total. The van der Waals surface area contributed by atoms with Crippen molar-refractivity contribution < 1.29 is 13.2 Å². The van der Waals surface area contributed by atoms with Crippen LogP contribution in [0.1, 0.15) is 26.2 Å². The zero-order valence-corrected chi connectivity index (χ0v) is 10.1. The van der Waals surface area contributed by atoms with Gasteiger partial charge >= 0.3 is 0 Å². The summed E-state index contributed by atoms with van der Waals surface area (Å²) in [4.78, 5) is 0. The number of nitrogens with one attached hydrogen (secondary N) is 1. The largest absolute Gasteiger partial charge is 0.381 e. The van der Waals surface area contributed by atoms with Gasteiger partial charge < -0.3 is 10.5 Å². The molecule has 6 heteroatoms. The number of rotatable bonds is 6. The van der Waals surface area contributed by atoms with Crippen LogP contribution in [0.2, 0.25) is 0 Å². The summed E-state index contributed by atoms with van der Waals surface area (Å²) in [7, 11) is -1.76. The van der Waals surface area contributed by atoms with Gasteiger partial charge in [0.25, 0.3) is 0 Å². The van der Waals surface area contributed by atoms with E-state index in [0.717, 1.165) is 19.3 Å². The highest BCUT2D eigenvalue weighted by Gasteiger charge is 2.33. The average molecular weight is 236 g/mol. The third-order valence-electron chi connectivity index (χ3n) is 2.85. The van der Waals surface area contributed by atoms with Gasteiger partial charge in [0.1, 0.15) is 0 Å². The van der Waals surface area contributed by atoms with E-state index in [1.54, 1.807) is 6.92 Å². The Morgan fingerprint density at radius 1 is 1.53 bits per heavy atom. The van der Waals surface area contributed by atoms with E-state index in [1.807, 2.05) is 0 Å². The Labute approximate surface area is 91.4 Å². The van der Waals surface area contributed by atoms with Crippen LogP contribution in [-0.4, -0.2) is 39.5 Å². The lowest BCUT2D eigenvalue weighted by molar-refractivity contribution is 0.136. The molecule has 1 aliphatic rings. The molecule has 1 rings (SSSR count). The van der Waals surface area contributed by atoms with Crippen LogP contribution in [-0.2, 0) is 14.8 Å². The highest BCUT2D eigenvalue weighted by atomic mass is 32.2. The number of methoxy groups -OCH3 is 1. The van der Waals surface area contributed by atoms with Crippen molar-refractivity contribution in [2.75, 3.05) is 19.4 Å². The molecular formula is C9H20N2O3S. The summed E-state index contributed by atoms with van der Waals surface area (Å²) in [6.07, 6.45) is 2.59. The maximum Gasteiger partial charge on any atom is 0.214 e. The van der Waals surface area contributed by atoms with Gasteiger partial charge in [0, 0.05) is 19.2 Å². The number of ether oxygens (including phenoxy) is 1. The highest BCUT2D eigenvalue weighted by molar-refractivity contribution is 7.89. The van der Waals surface area contributed by atoms with Crippen molar-refractivity contribution in [2.45, 2.75) is 37.8 Å². The average Bonchev–Trinajstić information content (AvgIpc) is 2.11. The van der Waals surface area contributed by atoms with Gasteiger partial charge in [-0.15, -0.1) is 0 Å². The summed E-state index contributed by atoms with van der Waals surface area (Å²) in [6.45, 7) is 2.06. The molecule has 0 bridgehead atoms. The molecule has 0 saturated heterocycles. The fraction of sp³-hybridized carbons (Fsp3) is 1.00. The van der Waals surface area contributed by atoms with Crippen molar-refractivity contribution in [3.05, 3.63) is 0 Å². The molecule has 0 aromatic rings. The molecule has 1 atom stereocenters. The van der Waals surface area contributed by atoms with Gasteiger partial charge in [-0.2, -0.15) is 0 Å². The summed E-state index contributed by atoms with van der Waals surface area (Å²) in [5.74, 6) is -0.0143. The first-order valence-corrected chi connectivity index (χ1v) is 6.81. The van der Waals surface area contributed by atoms with Gasteiger partial charge in [-0.3, -0.25) is 0 Å². The molecule has 1 saturated carbocycles. The normalized spacial score (nSPS) is 22.1. The van der Waals surface area contributed by atoms with Gasteiger partial charge in [0.05, 0.1) is 11.9 Å². The highest BCUT2D eigenvalue weighted by Crippen LogP contribution is 2.28. The number of hydrogen-bond acceptors (Lipinski definition) is 4. The quantitative estimate of drug-likeness (QED) is 0.670. The molecule has 0 heterocycles. The fourth-order valence-corrected chi connectivity index (χ4v) is 2.88. The molecule has 0 spiro atoms. The minimum atomic E-state index is -3.26. The summed E-state index contributed by atoms with van der Waals surface area (Å²) in [6, 6.07) is 0. The van der Waals surface area contributed by atoms with Crippen molar-refractivity contribution in [1.82, 2.24) is 4.72 Å². The lowest BCUT2D eigenvalue weighted by atomic mass is 9.78. The summed E-state index contributed by atoms with van der Waals surface area (Å²) < 4.78 is 30.5. The second-order valence-electron chi connectivity index (χ2n) is 4.36. The second kappa shape index (κ2) is 4.78. The second-order valence-corrected chi connectivity index (χ2v) is 6.22. The molecule has 1 unspecified atom stereocenters. The van der Waals surface area contributed by atoms with E-state index in [1.165, 1.54) is 7.11 Å². The Kier molecular flexibility index (Phi) is 4.11. The first-order valence-electron chi connectivity index (χ1n) is 5.16. The fourth-order valence-electron chi connectivity index (χ4n) is 1.50. The number of sulfonamides is 1. The summed E-state index contributed by atoms with van der Waals surface area (Å²) in [5.41, 5.74) is 5.60. The third kappa shape index (κ3) is 4.06. The maximum atomic E-state index is 11.5. The smallest absolute Gasteiger partial charge is 0.214 e. The molecule has 1 fully saturated rings. The predicted octanol–water partition coefficient (Wildman–Crippen LogP) is -0.178. The first-order chi connectivity index (χ1) is 6.87. The third-order valence-corrected chi connectivity index (χ3v) is 4.34. The molecule has 0 radical (unpaired) electrons. The van der Waals surface area contributed by atoms with Crippen LogP contribution in [0, 0.1) is 0 Å². The van der Waals surface area contributed by atoms with Crippen molar-refractivity contribution >= 4 is 10.0 Å². The number of nitrogens with two attached hydrogens (primary N) is 1. The van der Waals surface area contributed by atoms with Gasteiger partial charge in [-0.05, 0) is 26.2 Å². The molecule has 15 heavy (non-hydrogen) atoms. The van der Waals surface area contributed by atoms with E-state index >= 15 is 0 Å². The molecule has 0 aromatic carbocycles. The Hall–Kier alpha value is -0.170. The SMILES string of the molecule is COC(C)CS(=O)(=O)NCC1(N)CCC1. The molecule has 1 aliphatic carbocycles. The Bertz CT molecular complexity index is 298. The van der Waals surface area contributed by atoms with E-state index in [2.05, 4.69) is 4.72 Å². The minimum absolute atomic E-state index is 0.0143. The maximum absolute atomic E-state index is 11.5. The van der Waals surface area contributed by atoms with Gasteiger partial charge in [-0.1, -0.05) is 0 Å². The Morgan fingerprint density at radius 2 is 2.13 bits per heavy atom. The molecular weight excluding hydrogens is 216 g/mol. The van der Waals surface area contributed by atoms with E-state index in [-0.39, 0.29) is 17.4 Å². The lowest BCUT2D eigenvalue weighted by Gasteiger charge is -2.38. The summed E-state index contributed by atoms with van der Waals surface area (Å²) >= 11 is 0. The molecule has 90 valence electrons. The molecule has 5 nitrogen and oxygen atoms in total. The topological polar surface area (TPSA) is 81.4 Å². The van der Waals surface area contributed by atoms with E-state index in [9.17, 15) is 8.42 Å². The monoisotopic (exact) mass is 236 g/mol. The molecule has 0 amide bonds. The zero-order chi connectivity index (χ0) is 11.5. The zero-order valence-electron chi connectivity index (χ0n) is 9.32. The first kappa shape index (κ1) is 12.9. The van der Waals surface area contributed by atoms with Crippen LogP contribution in [0.3, 0.4) is 0 Å². The van der Waals surface area contributed by atoms with Crippen LogP contribution in [0.5, 0.6) is 0 Å². The predicted molar refractivity (Wildman–Crippen MR) is 59.0 cm³/mol. The van der Waals surface area contributed by atoms with Crippen LogP contribution >= 0.6 is 0 Å².